The zero-order valence-electron chi connectivity index (χ0n) is 12.4. The number of aromatic amines is 1. The van der Waals surface area contributed by atoms with Crippen molar-refractivity contribution in [2.45, 2.75) is 0 Å². The normalized spacial score (nSPS) is 11.0. The highest BCUT2D eigenvalue weighted by atomic mass is 16.5. The summed E-state index contributed by atoms with van der Waals surface area (Å²) < 4.78 is 5.03. The molecule has 3 aromatic rings. The molecular formula is C17H15N3O3. The number of phenolic OH excluding ortho intramolecular Hbond substituents is 1. The molecule has 6 heteroatoms. The molecule has 0 saturated heterocycles. The molecule has 23 heavy (non-hydrogen) atoms. The first-order valence-electron chi connectivity index (χ1n) is 6.95. The predicted octanol–water partition coefficient (Wildman–Crippen LogP) is 2.93. The maximum absolute atomic E-state index is 12.0. The first-order valence-corrected chi connectivity index (χ1v) is 6.95. The van der Waals surface area contributed by atoms with Gasteiger partial charge in [-0.25, -0.2) is 0 Å². The van der Waals surface area contributed by atoms with Gasteiger partial charge in [-0.15, -0.1) is 0 Å². The Morgan fingerprint density at radius 3 is 3.00 bits per heavy atom. The maximum atomic E-state index is 12.0. The summed E-state index contributed by atoms with van der Waals surface area (Å²) in [6.45, 7) is 0. The number of nitrogens with one attached hydrogen (secondary N) is 2. The molecular weight excluding hydrogens is 294 g/mol. The quantitative estimate of drug-likeness (QED) is 0.647. The number of aromatic hydroxyl groups is 1. The number of nitrogens with zero attached hydrogens (tertiary/aromatic N) is 1. The summed E-state index contributed by atoms with van der Waals surface area (Å²) in [6, 6.07) is 10.4. The third kappa shape index (κ3) is 3.32. The van der Waals surface area contributed by atoms with Crippen LogP contribution in [0.3, 0.4) is 0 Å². The molecule has 3 N–H and O–H groups in total. The molecule has 0 aliphatic carbocycles. The number of hydrogen-bond donors (Lipinski definition) is 3. The van der Waals surface area contributed by atoms with Crippen LogP contribution in [0.1, 0.15) is 5.56 Å². The van der Waals surface area contributed by atoms with E-state index in [1.807, 2.05) is 12.1 Å². The molecule has 0 saturated carbocycles. The fourth-order valence-corrected chi connectivity index (χ4v) is 2.17. The van der Waals surface area contributed by atoms with Crippen molar-refractivity contribution in [1.29, 1.82) is 0 Å². The van der Waals surface area contributed by atoms with Crippen molar-refractivity contribution < 1.29 is 14.6 Å². The summed E-state index contributed by atoms with van der Waals surface area (Å²) in [5.41, 5.74) is 2.35. The summed E-state index contributed by atoms with van der Waals surface area (Å²) in [5, 5.41) is 20.0. The smallest absolute Gasteiger partial charge is 0.248 e. The Hall–Kier alpha value is -3.28. The Balaban J connectivity index is 1.70. The number of aromatic nitrogens is 2. The third-order valence-electron chi connectivity index (χ3n) is 3.34. The lowest BCUT2D eigenvalue weighted by Crippen LogP contribution is -2.07. The monoisotopic (exact) mass is 309 g/mol. The maximum Gasteiger partial charge on any atom is 0.248 e. The molecule has 2 aromatic carbocycles. The van der Waals surface area contributed by atoms with Crippen LogP contribution < -0.4 is 10.1 Å². The van der Waals surface area contributed by atoms with E-state index in [1.54, 1.807) is 30.5 Å². The van der Waals surface area contributed by atoms with Gasteiger partial charge < -0.3 is 15.2 Å². The molecule has 0 atom stereocenters. The SMILES string of the molecule is COc1cc(/C=C/C(=O)Nc2ccc3[nH]ncc3c2)ccc1O. The van der Waals surface area contributed by atoms with E-state index in [4.69, 9.17) is 4.74 Å². The zero-order valence-corrected chi connectivity index (χ0v) is 12.4. The van der Waals surface area contributed by atoms with Crippen LogP contribution in [0.5, 0.6) is 11.5 Å². The van der Waals surface area contributed by atoms with Crippen LogP contribution in [0.25, 0.3) is 17.0 Å². The molecule has 0 fully saturated rings. The number of rotatable bonds is 4. The molecule has 6 nitrogen and oxygen atoms in total. The molecule has 1 aromatic heterocycles. The van der Waals surface area contributed by atoms with Crippen LogP contribution in [0.4, 0.5) is 5.69 Å². The highest BCUT2D eigenvalue weighted by Crippen LogP contribution is 2.26. The van der Waals surface area contributed by atoms with E-state index >= 15 is 0 Å². The number of hydrogen-bond acceptors (Lipinski definition) is 4. The second-order valence-corrected chi connectivity index (χ2v) is 4.93. The van der Waals surface area contributed by atoms with Crippen LogP contribution in [-0.2, 0) is 4.79 Å². The number of benzene rings is 2. The fourth-order valence-electron chi connectivity index (χ4n) is 2.17. The average Bonchev–Trinajstić information content (AvgIpc) is 3.01. The van der Waals surface area contributed by atoms with Crippen LogP contribution in [0, 0.1) is 0 Å². The summed E-state index contributed by atoms with van der Waals surface area (Å²) in [5.74, 6) is 0.167. The van der Waals surface area contributed by atoms with Gasteiger partial charge in [0.15, 0.2) is 11.5 Å². The van der Waals surface area contributed by atoms with Crippen molar-refractivity contribution in [3.63, 3.8) is 0 Å². The minimum atomic E-state index is -0.250. The minimum Gasteiger partial charge on any atom is -0.504 e. The lowest BCUT2D eigenvalue weighted by atomic mass is 10.2. The molecule has 0 bridgehead atoms. The van der Waals surface area contributed by atoms with Crippen molar-refractivity contribution in [2.24, 2.45) is 0 Å². The van der Waals surface area contributed by atoms with Crippen molar-refractivity contribution in [1.82, 2.24) is 10.2 Å². The molecule has 0 radical (unpaired) electrons. The predicted molar refractivity (Wildman–Crippen MR) is 88.4 cm³/mol. The number of carbonyl (C=O) groups is 1. The van der Waals surface area contributed by atoms with Crippen molar-refractivity contribution in [3.05, 3.63) is 54.2 Å². The number of amides is 1. The lowest BCUT2D eigenvalue weighted by Gasteiger charge is -2.04. The molecule has 0 aliphatic rings. The third-order valence-corrected chi connectivity index (χ3v) is 3.34. The summed E-state index contributed by atoms with van der Waals surface area (Å²) >= 11 is 0. The van der Waals surface area contributed by atoms with Crippen LogP contribution >= 0.6 is 0 Å². The van der Waals surface area contributed by atoms with Gasteiger partial charge in [-0.3, -0.25) is 9.89 Å². The Morgan fingerprint density at radius 2 is 2.17 bits per heavy atom. The number of fused-ring (bicyclic) bond motifs is 1. The number of H-pyrrole nitrogens is 1. The largest absolute Gasteiger partial charge is 0.504 e. The van der Waals surface area contributed by atoms with Gasteiger partial charge in [-0.05, 0) is 42.0 Å². The Labute approximate surface area is 132 Å². The number of ether oxygens (including phenoxy) is 1. The van der Waals surface area contributed by atoms with Crippen molar-refractivity contribution in [3.8, 4) is 11.5 Å². The topological polar surface area (TPSA) is 87.2 Å². The standard InChI is InChI=1S/C17H15N3O3/c1-23-16-8-11(2-6-15(16)21)3-7-17(22)19-13-4-5-14-12(9-13)10-18-20-14/h2-10,21H,1H3,(H,18,20)(H,19,22)/b7-3+. The van der Waals surface area contributed by atoms with E-state index in [-0.39, 0.29) is 11.7 Å². The highest BCUT2D eigenvalue weighted by molar-refractivity contribution is 6.02. The van der Waals surface area contributed by atoms with Crippen LogP contribution in [-0.4, -0.2) is 28.3 Å². The molecule has 1 heterocycles. The molecule has 0 spiro atoms. The van der Waals surface area contributed by atoms with Gasteiger partial charge in [0.25, 0.3) is 0 Å². The Bertz CT molecular complexity index is 884. The van der Waals surface area contributed by atoms with Gasteiger partial charge in [0.1, 0.15) is 0 Å². The second-order valence-electron chi connectivity index (χ2n) is 4.93. The van der Waals surface area contributed by atoms with Crippen LogP contribution in [0.15, 0.2) is 48.7 Å². The molecule has 0 aliphatic heterocycles. The van der Waals surface area contributed by atoms with Crippen LogP contribution in [0.2, 0.25) is 0 Å². The Morgan fingerprint density at radius 1 is 1.30 bits per heavy atom. The summed E-state index contributed by atoms with van der Waals surface area (Å²) in [6.07, 6.45) is 4.77. The molecule has 0 unspecified atom stereocenters. The number of anilines is 1. The summed E-state index contributed by atoms with van der Waals surface area (Å²) in [7, 11) is 1.47. The van der Waals surface area contributed by atoms with E-state index in [2.05, 4.69) is 15.5 Å². The lowest BCUT2D eigenvalue weighted by molar-refractivity contribution is -0.111. The van der Waals surface area contributed by atoms with Gasteiger partial charge in [0.05, 0.1) is 18.8 Å². The van der Waals surface area contributed by atoms with Gasteiger partial charge in [-0.1, -0.05) is 6.07 Å². The molecule has 3 rings (SSSR count). The zero-order chi connectivity index (χ0) is 16.2. The number of methoxy groups -OCH3 is 1. The second kappa shape index (κ2) is 6.23. The Kier molecular flexibility index (Phi) is 3.97. The fraction of sp³-hybridized carbons (Fsp3) is 0.0588. The van der Waals surface area contributed by atoms with Gasteiger partial charge in [-0.2, -0.15) is 5.10 Å². The summed E-state index contributed by atoms with van der Waals surface area (Å²) in [4.78, 5) is 12.0. The van der Waals surface area contributed by atoms with E-state index in [9.17, 15) is 9.90 Å². The van der Waals surface area contributed by atoms with E-state index in [1.165, 1.54) is 19.3 Å². The molecule has 116 valence electrons. The van der Waals surface area contributed by atoms with Gasteiger partial charge in [0, 0.05) is 17.1 Å². The molecule has 1 amide bonds. The first kappa shape index (κ1) is 14.6. The van der Waals surface area contributed by atoms with E-state index < -0.39 is 0 Å². The number of carbonyl (C=O) groups excluding carboxylic acids is 1. The first-order chi connectivity index (χ1) is 11.2. The van der Waals surface area contributed by atoms with E-state index in [0.717, 1.165) is 16.5 Å². The average molecular weight is 309 g/mol. The van der Waals surface area contributed by atoms with Crippen molar-refractivity contribution in [2.75, 3.05) is 12.4 Å². The minimum absolute atomic E-state index is 0.0579. The van der Waals surface area contributed by atoms with Gasteiger partial charge >= 0.3 is 0 Å². The van der Waals surface area contributed by atoms with Crippen molar-refractivity contribution >= 4 is 28.6 Å². The van der Waals surface area contributed by atoms with Gasteiger partial charge in [0.2, 0.25) is 5.91 Å². The highest BCUT2D eigenvalue weighted by Gasteiger charge is 2.03. The number of phenols is 1. The van der Waals surface area contributed by atoms with E-state index in [0.29, 0.717) is 11.4 Å².